The number of aryl methyl sites for hydroxylation is 1. The van der Waals surface area contributed by atoms with Crippen LogP contribution in [0.4, 0.5) is 4.79 Å². The number of thioether (sulfide) groups is 1. The molecule has 4 aromatic rings. The third-order valence-corrected chi connectivity index (χ3v) is 8.33. The monoisotopic (exact) mass is 632 g/mol. The van der Waals surface area contributed by atoms with Gasteiger partial charge in [-0.25, -0.2) is 9.48 Å². The Balaban J connectivity index is 1.25. The molecule has 0 aliphatic carbocycles. The molecule has 0 bridgehead atoms. The lowest BCUT2D eigenvalue weighted by atomic mass is 9.99. The molecule has 0 spiro atoms. The quantitative estimate of drug-likeness (QED) is 0.154. The molecule has 3 N–H and O–H groups in total. The second-order valence-corrected chi connectivity index (χ2v) is 11.4. The van der Waals surface area contributed by atoms with Gasteiger partial charge in [-0.15, -0.1) is 5.10 Å². The highest BCUT2D eigenvalue weighted by Gasteiger charge is 2.32. The number of urea groups is 1. The lowest BCUT2D eigenvalue weighted by molar-refractivity contribution is -0.245. The van der Waals surface area contributed by atoms with Crippen LogP contribution in [0.25, 0.3) is 11.1 Å². The van der Waals surface area contributed by atoms with Gasteiger partial charge in [0, 0.05) is 31.3 Å². The Bertz CT molecular complexity index is 1570. The third kappa shape index (κ3) is 8.88. The van der Waals surface area contributed by atoms with Crippen molar-refractivity contribution in [3.8, 4) is 11.1 Å². The predicted octanol–water partition coefficient (Wildman–Crippen LogP) is 4.07. The normalized spacial score (nSPS) is 17.9. The van der Waals surface area contributed by atoms with E-state index in [9.17, 15) is 14.7 Å². The number of hydrogen-bond acceptors (Lipinski definition) is 10. The molecule has 0 unspecified atom stereocenters. The summed E-state index contributed by atoms with van der Waals surface area (Å²) in [5.74, 6) is 0.169. The number of hydrogen-bond donors (Lipinski definition) is 3. The van der Waals surface area contributed by atoms with Gasteiger partial charge in [-0.05, 0) is 51.2 Å². The van der Waals surface area contributed by atoms with Crippen molar-refractivity contribution in [1.82, 2.24) is 30.8 Å². The van der Waals surface area contributed by atoms with E-state index >= 15 is 0 Å². The van der Waals surface area contributed by atoms with Gasteiger partial charge in [0.1, 0.15) is 6.54 Å². The number of aromatic nitrogens is 4. The molecule has 1 aromatic heterocycles. The van der Waals surface area contributed by atoms with Crippen molar-refractivity contribution in [2.24, 2.45) is 7.05 Å². The fraction of sp³-hybridized carbons (Fsp3) is 0.344. The van der Waals surface area contributed by atoms with Crippen molar-refractivity contribution in [2.75, 3.05) is 18.9 Å². The number of amides is 2. The number of nitrogens with one attached hydrogen (secondary N) is 2. The number of carbonyl (C=O) groups excluding carboxylic acids is 2. The summed E-state index contributed by atoms with van der Waals surface area (Å²) in [6.07, 6.45) is -0.237. The molecule has 3 aromatic carbocycles. The van der Waals surface area contributed by atoms with Crippen molar-refractivity contribution < 1.29 is 28.9 Å². The van der Waals surface area contributed by atoms with Gasteiger partial charge in [0.05, 0.1) is 25.4 Å². The molecule has 0 saturated carbocycles. The van der Waals surface area contributed by atoms with Crippen LogP contribution in [0.15, 0.2) is 78.0 Å². The van der Waals surface area contributed by atoms with Gasteiger partial charge < -0.3 is 30.0 Å². The number of tetrazole rings is 1. The Morgan fingerprint density at radius 3 is 2.49 bits per heavy atom. The van der Waals surface area contributed by atoms with Crippen LogP contribution in [0.3, 0.4) is 0 Å². The molecule has 45 heavy (non-hydrogen) atoms. The van der Waals surface area contributed by atoms with E-state index in [2.05, 4.69) is 26.2 Å². The first-order valence-electron chi connectivity index (χ1n) is 14.6. The van der Waals surface area contributed by atoms with Crippen molar-refractivity contribution >= 4 is 23.8 Å². The maximum atomic E-state index is 12.1. The van der Waals surface area contributed by atoms with Gasteiger partial charge in [-0.3, -0.25) is 4.79 Å². The average molecular weight is 633 g/mol. The lowest BCUT2D eigenvalue weighted by Gasteiger charge is -2.36. The Morgan fingerprint density at radius 1 is 1.00 bits per heavy atom. The molecule has 13 heteroatoms. The predicted molar refractivity (Wildman–Crippen MR) is 167 cm³/mol. The second kappa shape index (κ2) is 15.6. The number of nitrogens with zero attached hydrogens (tertiary/aromatic N) is 4. The summed E-state index contributed by atoms with van der Waals surface area (Å²) in [5.41, 5.74) is 5.66. The Hall–Kier alpha value is -4.30. The van der Waals surface area contributed by atoms with Crippen molar-refractivity contribution in [2.45, 2.75) is 50.2 Å². The second-order valence-electron chi connectivity index (χ2n) is 10.4. The summed E-state index contributed by atoms with van der Waals surface area (Å²) in [5, 5.41) is 27.1. The topological polar surface area (TPSA) is 150 Å². The number of rotatable bonds is 12. The molecule has 1 aliphatic rings. The van der Waals surface area contributed by atoms with Crippen LogP contribution in [-0.4, -0.2) is 62.3 Å². The molecule has 2 amide bonds. The highest BCUT2D eigenvalue weighted by Crippen LogP contribution is 2.39. The molecule has 0 radical (unpaired) electrons. The van der Waals surface area contributed by atoms with Crippen molar-refractivity contribution in [3.63, 3.8) is 0 Å². The highest BCUT2D eigenvalue weighted by atomic mass is 32.2. The van der Waals surface area contributed by atoms with Crippen LogP contribution in [0, 0.1) is 0 Å². The fourth-order valence-corrected chi connectivity index (χ4v) is 5.70. The number of ether oxygens (including phenoxy) is 3. The first kappa shape index (κ1) is 32.1. The minimum atomic E-state index is -0.581. The minimum Gasteiger partial charge on any atom is -0.465 e. The largest absolute Gasteiger partial charge is 0.465 e. The van der Waals surface area contributed by atoms with Crippen LogP contribution in [0.2, 0.25) is 0 Å². The van der Waals surface area contributed by atoms with E-state index in [1.165, 1.54) is 11.8 Å². The van der Waals surface area contributed by atoms with Gasteiger partial charge in [-0.2, -0.15) is 0 Å². The van der Waals surface area contributed by atoms with Gasteiger partial charge in [0.2, 0.25) is 5.16 Å². The smallest absolute Gasteiger partial charge is 0.325 e. The van der Waals surface area contributed by atoms with E-state index in [4.69, 9.17) is 14.2 Å². The van der Waals surface area contributed by atoms with E-state index in [1.807, 2.05) is 72.8 Å². The molecule has 5 rings (SSSR count). The lowest BCUT2D eigenvalue weighted by Crippen LogP contribution is -2.38. The van der Waals surface area contributed by atoms with E-state index in [0.717, 1.165) is 33.4 Å². The summed E-state index contributed by atoms with van der Waals surface area (Å²) >= 11 is 1.54. The third-order valence-electron chi connectivity index (χ3n) is 7.19. The van der Waals surface area contributed by atoms with E-state index in [-0.39, 0.29) is 32.0 Å². The number of benzene rings is 3. The zero-order valence-electron chi connectivity index (χ0n) is 25.1. The van der Waals surface area contributed by atoms with Crippen molar-refractivity contribution in [3.05, 3.63) is 95.1 Å². The number of esters is 1. The summed E-state index contributed by atoms with van der Waals surface area (Å²) in [6.45, 7) is 2.08. The van der Waals surface area contributed by atoms with Gasteiger partial charge in [0.15, 0.2) is 6.29 Å². The summed E-state index contributed by atoms with van der Waals surface area (Å²) < 4.78 is 19.4. The van der Waals surface area contributed by atoms with Gasteiger partial charge in [-0.1, -0.05) is 78.5 Å². The summed E-state index contributed by atoms with van der Waals surface area (Å²) in [6, 6.07) is 23.3. The first-order valence-corrected chi connectivity index (χ1v) is 15.6. The molecular weight excluding hydrogens is 596 g/mol. The Kier molecular flexibility index (Phi) is 11.1. The molecular formula is C32H36N6O6S. The number of aliphatic hydroxyl groups excluding tert-OH is 1. The minimum absolute atomic E-state index is 0.0131. The fourth-order valence-electron chi connectivity index (χ4n) is 4.84. The van der Waals surface area contributed by atoms with Crippen LogP contribution >= 0.6 is 11.8 Å². The number of carbonyl (C=O) groups is 2. The maximum absolute atomic E-state index is 12.1. The molecule has 1 saturated heterocycles. The van der Waals surface area contributed by atoms with E-state index < -0.39 is 18.3 Å². The molecule has 2 heterocycles. The first-order chi connectivity index (χ1) is 21.9. The highest BCUT2D eigenvalue weighted by molar-refractivity contribution is 7.99. The Labute approximate surface area is 265 Å². The molecule has 3 atom stereocenters. The van der Waals surface area contributed by atoms with Crippen molar-refractivity contribution in [1.29, 1.82) is 0 Å². The van der Waals surface area contributed by atoms with E-state index in [0.29, 0.717) is 23.9 Å². The maximum Gasteiger partial charge on any atom is 0.325 e. The van der Waals surface area contributed by atoms with Crippen LogP contribution in [0.1, 0.15) is 48.0 Å². The molecule has 1 fully saturated rings. The zero-order chi connectivity index (χ0) is 31.6. The summed E-state index contributed by atoms with van der Waals surface area (Å²) in [4.78, 5) is 23.5. The van der Waals surface area contributed by atoms with Crippen LogP contribution in [0.5, 0.6) is 0 Å². The molecule has 12 nitrogen and oxygen atoms in total. The number of aliphatic hydroxyl groups is 1. The SMILES string of the molecule is CCOC(=O)CNC(=O)NCc1cccc(-c2ccc([C@@H]3O[C@H](CSc4nnnn4C)C[C@H](c4ccc(CO)cc4)O3)cc2)c1. The Morgan fingerprint density at radius 2 is 1.78 bits per heavy atom. The average Bonchev–Trinajstić information content (AvgIpc) is 3.50. The zero-order valence-corrected chi connectivity index (χ0v) is 25.9. The standard InChI is InChI=1S/C32H36N6O6S/c1-3-42-29(40)18-34-31(41)33-17-22-5-4-6-26(15-22)23-11-13-25(14-12-23)30-43-27(20-45-32-35-36-37-38(32)2)16-28(44-30)24-9-7-21(19-39)8-10-24/h4-15,27-28,30,39H,3,16-20H2,1-2H3,(H2,33,34,41)/t27-,28+,30+/m0/s1. The van der Waals surface area contributed by atoms with E-state index in [1.54, 1.807) is 18.7 Å². The van der Waals surface area contributed by atoms with Gasteiger partial charge >= 0.3 is 12.0 Å². The van der Waals surface area contributed by atoms with Crippen LogP contribution < -0.4 is 10.6 Å². The summed E-state index contributed by atoms with van der Waals surface area (Å²) in [7, 11) is 1.81. The molecule has 236 valence electrons. The van der Waals surface area contributed by atoms with Gasteiger partial charge in [0.25, 0.3) is 0 Å². The molecule has 1 aliphatic heterocycles. The van der Waals surface area contributed by atoms with Crippen LogP contribution in [-0.2, 0) is 39.2 Å².